The molecule has 116 valence electrons. The van der Waals surface area contributed by atoms with Crippen LogP contribution in [-0.4, -0.2) is 29.9 Å². The van der Waals surface area contributed by atoms with Gasteiger partial charge in [-0.3, -0.25) is 0 Å². The molecule has 0 aliphatic heterocycles. The van der Waals surface area contributed by atoms with E-state index in [0.29, 0.717) is 18.0 Å². The number of thiocarbonyl (C=S) groups is 1. The summed E-state index contributed by atoms with van der Waals surface area (Å²) in [6, 6.07) is 19.8. The van der Waals surface area contributed by atoms with E-state index in [0.717, 1.165) is 11.1 Å². The molecule has 0 radical (unpaired) electrons. The molecule has 0 aliphatic carbocycles. The zero-order valence-electron chi connectivity index (χ0n) is 12.6. The second kappa shape index (κ2) is 8.63. The first-order valence-corrected chi connectivity index (χ1v) is 7.69. The van der Waals surface area contributed by atoms with Crippen LogP contribution in [0.5, 0.6) is 0 Å². The summed E-state index contributed by atoms with van der Waals surface area (Å²) in [5.41, 5.74) is 2.07. The summed E-state index contributed by atoms with van der Waals surface area (Å²) in [6.45, 7) is 0.309. The van der Waals surface area contributed by atoms with E-state index in [1.165, 1.54) is 0 Å². The maximum absolute atomic E-state index is 10.1. The number of aliphatic hydroxyl groups excluding tert-OH is 1. The van der Waals surface area contributed by atoms with E-state index in [1.807, 2.05) is 60.7 Å². The number of hydrogen-bond acceptors (Lipinski definition) is 3. The molecule has 0 bridgehead atoms. The maximum Gasteiger partial charge on any atom is 0.107 e. The Morgan fingerprint density at radius 2 is 1.68 bits per heavy atom. The number of nitrogens with one attached hydrogen (secondary N) is 1. The van der Waals surface area contributed by atoms with Crippen molar-refractivity contribution in [3.63, 3.8) is 0 Å². The number of methoxy groups -OCH3 is 1. The lowest BCUT2D eigenvalue weighted by molar-refractivity contribution is 0.0536. The van der Waals surface area contributed by atoms with Crippen LogP contribution in [0.15, 0.2) is 60.7 Å². The van der Waals surface area contributed by atoms with Crippen LogP contribution >= 0.6 is 12.2 Å². The van der Waals surface area contributed by atoms with Gasteiger partial charge in [-0.2, -0.15) is 0 Å². The highest BCUT2D eigenvalue weighted by Gasteiger charge is 2.17. The molecule has 2 atom stereocenters. The summed E-state index contributed by atoms with van der Waals surface area (Å²) in [4.78, 5) is 0.680. The van der Waals surface area contributed by atoms with E-state index in [2.05, 4.69) is 5.32 Å². The Balaban J connectivity index is 2.12. The SMILES string of the molecule is COCC(O)CC(NC(=S)c1ccccc1)c1ccccc1. The summed E-state index contributed by atoms with van der Waals surface area (Å²) in [6.07, 6.45) is -0.00792. The fraction of sp³-hybridized carbons (Fsp3) is 0.278. The average Bonchev–Trinajstić information content (AvgIpc) is 2.56. The lowest BCUT2D eigenvalue weighted by Crippen LogP contribution is -2.31. The molecule has 0 fully saturated rings. The highest BCUT2D eigenvalue weighted by molar-refractivity contribution is 7.80. The van der Waals surface area contributed by atoms with Gasteiger partial charge in [0.1, 0.15) is 4.99 Å². The molecule has 0 aliphatic rings. The van der Waals surface area contributed by atoms with Gasteiger partial charge in [0, 0.05) is 12.7 Å². The molecular weight excluding hydrogens is 294 g/mol. The summed E-state index contributed by atoms with van der Waals surface area (Å²) in [5.74, 6) is 0. The van der Waals surface area contributed by atoms with Crippen molar-refractivity contribution in [3.05, 3.63) is 71.8 Å². The number of ether oxygens (including phenoxy) is 1. The quantitative estimate of drug-likeness (QED) is 0.771. The van der Waals surface area contributed by atoms with E-state index < -0.39 is 6.10 Å². The second-order valence-electron chi connectivity index (χ2n) is 5.15. The zero-order valence-corrected chi connectivity index (χ0v) is 13.4. The van der Waals surface area contributed by atoms with Crippen molar-refractivity contribution in [3.8, 4) is 0 Å². The predicted molar refractivity (Wildman–Crippen MR) is 93.0 cm³/mol. The van der Waals surface area contributed by atoms with Gasteiger partial charge in [-0.25, -0.2) is 0 Å². The van der Waals surface area contributed by atoms with Gasteiger partial charge in [-0.1, -0.05) is 72.9 Å². The summed E-state index contributed by atoms with van der Waals surface area (Å²) >= 11 is 5.49. The maximum atomic E-state index is 10.1. The van der Waals surface area contributed by atoms with Gasteiger partial charge in [0.05, 0.1) is 18.8 Å². The minimum Gasteiger partial charge on any atom is -0.391 e. The van der Waals surface area contributed by atoms with Crippen LogP contribution in [0.3, 0.4) is 0 Å². The van der Waals surface area contributed by atoms with Crippen molar-refractivity contribution in [2.75, 3.05) is 13.7 Å². The summed E-state index contributed by atoms with van der Waals surface area (Å²) in [5, 5.41) is 13.4. The van der Waals surface area contributed by atoms with Crippen molar-refractivity contribution in [1.29, 1.82) is 0 Å². The van der Waals surface area contributed by atoms with Crippen molar-refractivity contribution >= 4 is 17.2 Å². The number of rotatable bonds is 7. The molecule has 2 unspecified atom stereocenters. The molecule has 2 rings (SSSR count). The minimum absolute atomic E-state index is 0.0564. The zero-order chi connectivity index (χ0) is 15.8. The largest absolute Gasteiger partial charge is 0.391 e. The first-order valence-electron chi connectivity index (χ1n) is 7.28. The Morgan fingerprint density at radius 1 is 1.09 bits per heavy atom. The first kappa shape index (κ1) is 16.6. The van der Waals surface area contributed by atoms with Crippen LogP contribution in [-0.2, 0) is 4.74 Å². The normalized spacial score (nSPS) is 13.4. The Bertz CT molecular complexity index is 574. The van der Waals surface area contributed by atoms with E-state index in [-0.39, 0.29) is 6.04 Å². The lowest BCUT2D eigenvalue weighted by Gasteiger charge is -2.23. The molecule has 0 spiro atoms. The van der Waals surface area contributed by atoms with Gasteiger partial charge in [-0.05, 0) is 12.0 Å². The van der Waals surface area contributed by atoms with Crippen molar-refractivity contribution < 1.29 is 9.84 Å². The molecule has 0 saturated carbocycles. The van der Waals surface area contributed by atoms with Gasteiger partial charge in [-0.15, -0.1) is 0 Å². The van der Waals surface area contributed by atoms with E-state index >= 15 is 0 Å². The fourth-order valence-corrected chi connectivity index (χ4v) is 2.61. The Labute approximate surface area is 136 Å². The van der Waals surface area contributed by atoms with Crippen molar-refractivity contribution in [2.24, 2.45) is 0 Å². The number of aliphatic hydroxyl groups is 1. The Morgan fingerprint density at radius 3 is 2.27 bits per heavy atom. The Hall–Kier alpha value is -1.75. The van der Waals surface area contributed by atoms with Gasteiger partial charge >= 0.3 is 0 Å². The van der Waals surface area contributed by atoms with Crippen molar-refractivity contribution in [1.82, 2.24) is 5.32 Å². The lowest BCUT2D eigenvalue weighted by atomic mass is 10.0. The molecule has 2 aromatic carbocycles. The number of benzene rings is 2. The van der Waals surface area contributed by atoms with E-state index in [1.54, 1.807) is 7.11 Å². The predicted octanol–water partition coefficient (Wildman–Crippen LogP) is 3.09. The molecule has 0 heterocycles. The molecule has 3 nitrogen and oxygen atoms in total. The molecule has 4 heteroatoms. The molecule has 0 saturated heterocycles. The summed E-state index contributed by atoms with van der Waals surface area (Å²) in [7, 11) is 1.59. The Kier molecular flexibility index (Phi) is 6.52. The van der Waals surface area contributed by atoms with Gasteiger partial charge in [0.2, 0.25) is 0 Å². The van der Waals surface area contributed by atoms with Crippen LogP contribution in [0.4, 0.5) is 0 Å². The van der Waals surface area contributed by atoms with Crippen LogP contribution < -0.4 is 5.32 Å². The first-order chi connectivity index (χ1) is 10.7. The van der Waals surface area contributed by atoms with Gasteiger partial charge in [0.15, 0.2) is 0 Å². The van der Waals surface area contributed by atoms with E-state index in [4.69, 9.17) is 17.0 Å². The molecule has 2 aromatic rings. The molecule has 2 N–H and O–H groups in total. The minimum atomic E-state index is -0.540. The van der Waals surface area contributed by atoms with Crippen LogP contribution in [0.1, 0.15) is 23.6 Å². The monoisotopic (exact) mass is 315 g/mol. The highest BCUT2D eigenvalue weighted by Crippen LogP contribution is 2.19. The van der Waals surface area contributed by atoms with Gasteiger partial charge in [0.25, 0.3) is 0 Å². The molecular formula is C18H21NO2S. The van der Waals surface area contributed by atoms with E-state index in [9.17, 15) is 5.11 Å². The van der Waals surface area contributed by atoms with Crippen molar-refractivity contribution in [2.45, 2.75) is 18.6 Å². The number of hydrogen-bond donors (Lipinski definition) is 2. The van der Waals surface area contributed by atoms with Crippen LogP contribution in [0.25, 0.3) is 0 Å². The smallest absolute Gasteiger partial charge is 0.107 e. The molecule has 0 aromatic heterocycles. The van der Waals surface area contributed by atoms with Gasteiger partial charge < -0.3 is 15.2 Å². The topological polar surface area (TPSA) is 41.5 Å². The second-order valence-corrected chi connectivity index (χ2v) is 5.56. The van der Waals surface area contributed by atoms with Crippen LogP contribution in [0, 0.1) is 0 Å². The third kappa shape index (κ3) is 4.91. The third-order valence-electron chi connectivity index (χ3n) is 3.41. The standard InChI is InChI=1S/C18H21NO2S/c1-21-13-16(20)12-17(14-8-4-2-5-9-14)19-18(22)15-10-6-3-7-11-15/h2-11,16-17,20H,12-13H2,1H3,(H,19,22). The third-order valence-corrected chi connectivity index (χ3v) is 3.76. The molecule has 22 heavy (non-hydrogen) atoms. The fourth-order valence-electron chi connectivity index (χ4n) is 2.33. The molecule has 0 amide bonds. The van der Waals surface area contributed by atoms with Crippen LogP contribution in [0.2, 0.25) is 0 Å². The highest BCUT2D eigenvalue weighted by atomic mass is 32.1. The average molecular weight is 315 g/mol. The summed E-state index contributed by atoms with van der Waals surface area (Å²) < 4.78 is 5.02.